The van der Waals surface area contributed by atoms with Gasteiger partial charge in [-0.25, -0.2) is 4.79 Å². The molecule has 0 aromatic heterocycles. The molecule has 0 spiro atoms. The summed E-state index contributed by atoms with van der Waals surface area (Å²) in [5.74, 6) is 0.326. The van der Waals surface area contributed by atoms with E-state index in [1.54, 1.807) is 6.07 Å². The molecule has 0 unspecified atom stereocenters. The highest BCUT2D eigenvalue weighted by Gasteiger charge is 2.11. The van der Waals surface area contributed by atoms with Crippen LogP contribution in [-0.4, -0.2) is 43.6 Å². The Balaban J connectivity index is 0.00000242. The number of ether oxygens (including phenoxy) is 1. The van der Waals surface area contributed by atoms with Crippen molar-refractivity contribution in [3.63, 3.8) is 0 Å². The van der Waals surface area contributed by atoms with Gasteiger partial charge in [0.25, 0.3) is 0 Å². The van der Waals surface area contributed by atoms with Gasteiger partial charge in [-0.15, -0.1) is 24.0 Å². The molecule has 0 bridgehead atoms. The van der Waals surface area contributed by atoms with Crippen molar-refractivity contribution in [3.05, 3.63) is 35.4 Å². The first-order chi connectivity index (χ1) is 10.2. The van der Waals surface area contributed by atoms with Crippen LogP contribution in [0.5, 0.6) is 0 Å². The number of hydrogen-bond acceptors (Lipinski definition) is 3. The summed E-state index contributed by atoms with van der Waals surface area (Å²) < 4.78 is 4.72. The molecule has 1 aliphatic rings. The molecule has 0 radical (unpaired) electrons. The molecule has 1 aromatic carbocycles. The molecular formula is C16H24IN3O2. The second-order valence-corrected chi connectivity index (χ2v) is 5.23. The molecule has 2 rings (SSSR count). The molecule has 1 fully saturated rings. The Bertz CT molecular complexity index is 514. The van der Waals surface area contributed by atoms with E-state index in [0.29, 0.717) is 18.1 Å². The molecule has 0 amide bonds. The second kappa shape index (κ2) is 9.66. The van der Waals surface area contributed by atoms with Crippen LogP contribution in [0, 0.1) is 0 Å². The second-order valence-electron chi connectivity index (χ2n) is 5.23. The van der Waals surface area contributed by atoms with E-state index in [4.69, 9.17) is 10.5 Å². The molecule has 0 atom stereocenters. The minimum atomic E-state index is -0.312. The van der Waals surface area contributed by atoms with Crippen molar-refractivity contribution in [2.75, 3.05) is 26.7 Å². The number of halogens is 1. The van der Waals surface area contributed by atoms with E-state index in [1.165, 1.54) is 26.4 Å². The van der Waals surface area contributed by atoms with Crippen molar-refractivity contribution in [2.24, 2.45) is 10.7 Å². The third-order valence-corrected chi connectivity index (χ3v) is 3.70. The summed E-state index contributed by atoms with van der Waals surface area (Å²) in [5.41, 5.74) is 7.65. The normalized spacial score (nSPS) is 15.1. The first-order valence-electron chi connectivity index (χ1n) is 7.43. The minimum absolute atomic E-state index is 0. The lowest BCUT2D eigenvalue weighted by Gasteiger charge is -2.27. The number of hydrogen-bond donors (Lipinski definition) is 1. The fourth-order valence-corrected chi connectivity index (χ4v) is 2.49. The Hall–Kier alpha value is -1.31. The third kappa shape index (κ3) is 5.47. The van der Waals surface area contributed by atoms with Crippen LogP contribution in [-0.2, 0) is 11.2 Å². The van der Waals surface area contributed by atoms with E-state index >= 15 is 0 Å². The zero-order valence-electron chi connectivity index (χ0n) is 13.0. The Morgan fingerprint density at radius 1 is 1.32 bits per heavy atom. The van der Waals surface area contributed by atoms with Gasteiger partial charge in [-0.2, -0.15) is 0 Å². The van der Waals surface area contributed by atoms with Gasteiger partial charge in [0.05, 0.1) is 12.7 Å². The van der Waals surface area contributed by atoms with E-state index in [1.807, 2.05) is 18.2 Å². The summed E-state index contributed by atoms with van der Waals surface area (Å²) in [5, 5.41) is 0. The van der Waals surface area contributed by atoms with Crippen molar-refractivity contribution in [3.8, 4) is 0 Å². The average Bonchev–Trinajstić information content (AvgIpc) is 2.55. The number of rotatable bonds is 4. The fourth-order valence-electron chi connectivity index (χ4n) is 2.49. The number of aliphatic imine (C=N–C) groups is 1. The number of methoxy groups -OCH3 is 1. The Morgan fingerprint density at radius 2 is 2.05 bits per heavy atom. The number of guanidine groups is 1. The maximum absolute atomic E-state index is 11.5. The Kier molecular flexibility index (Phi) is 8.22. The maximum atomic E-state index is 11.5. The molecule has 1 aromatic rings. The monoisotopic (exact) mass is 417 g/mol. The highest BCUT2D eigenvalue weighted by molar-refractivity contribution is 14.0. The van der Waals surface area contributed by atoms with Crippen LogP contribution in [0.1, 0.15) is 35.2 Å². The topological polar surface area (TPSA) is 67.9 Å². The van der Waals surface area contributed by atoms with E-state index in [2.05, 4.69) is 9.89 Å². The van der Waals surface area contributed by atoms with Gasteiger partial charge in [0.2, 0.25) is 0 Å². The summed E-state index contributed by atoms with van der Waals surface area (Å²) in [6.45, 7) is 2.65. The highest BCUT2D eigenvalue weighted by Crippen LogP contribution is 2.09. The summed E-state index contributed by atoms with van der Waals surface area (Å²) in [4.78, 5) is 18.1. The lowest BCUT2D eigenvalue weighted by Crippen LogP contribution is -2.41. The summed E-state index contributed by atoms with van der Waals surface area (Å²) in [6.07, 6.45) is 4.43. The lowest BCUT2D eigenvalue weighted by molar-refractivity contribution is 0.0600. The molecule has 0 aliphatic carbocycles. The minimum Gasteiger partial charge on any atom is -0.465 e. The molecule has 2 N–H and O–H groups in total. The number of esters is 1. The standard InChI is InChI=1S/C16H23N3O2.HI/c1-21-15(20)14-7-5-6-13(12-14)8-9-18-16(17)19-10-3-2-4-11-19;/h5-7,12H,2-4,8-11H2,1H3,(H2,17,18);1H. The van der Waals surface area contributed by atoms with Crippen molar-refractivity contribution < 1.29 is 9.53 Å². The number of piperidine rings is 1. The average molecular weight is 417 g/mol. The number of likely N-dealkylation sites (tertiary alicyclic amines) is 1. The van der Waals surface area contributed by atoms with Crippen LogP contribution < -0.4 is 5.73 Å². The van der Waals surface area contributed by atoms with Gasteiger partial charge in [-0.3, -0.25) is 4.99 Å². The van der Waals surface area contributed by atoms with Crippen molar-refractivity contribution >= 4 is 35.9 Å². The van der Waals surface area contributed by atoms with Crippen LogP contribution in [0.25, 0.3) is 0 Å². The summed E-state index contributed by atoms with van der Waals surface area (Å²) in [7, 11) is 1.39. The number of nitrogens with two attached hydrogens (primary N) is 1. The van der Waals surface area contributed by atoms with Crippen molar-refractivity contribution in [2.45, 2.75) is 25.7 Å². The van der Waals surface area contributed by atoms with Crippen LogP contribution in [0.4, 0.5) is 0 Å². The van der Waals surface area contributed by atoms with E-state index in [9.17, 15) is 4.79 Å². The van der Waals surface area contributed by atoms with Crippen LogP contribution >= 0.6 is 24.0 Å². The molecule has 1 heterocycles. The largest absolute Gasteiger partial charge is 0.465 e. The first kappa shape index (κ1) is 18.7. The maximum Gasteiger partial charge on any atom is 0.337 e. The van der Waals surface area contributed by atoms with Gasteiger partial charge in [0.1, 0.15) is 0 Å². The molecule has 6 heteroatoms. The zero-order valence-corrected chi connectivity index (χ0v) is 15.3. The van der Waals surface area contributed by atoms with Gasteiger partial charge in [0.15, 0.2) is 5.96 Å². The van der Waals surface area contributed by atoms with Crippen LogP contribution in [0.2, 0.25) is 0 Å². The van der Waals surface area contributed by atoms with Gasteiger partial charge in [-0.05, 0) is 43.4 Å². The lowest BCUT2D eigenvalue weighted by atomic mass is 10.1. The van der Waals surface area contributed by atoms with Crippen molar-refractivity contribution in [1.29, 1.82) is 0 Å². The SMILES string of the molecule is COC(=O)c1cccc(CCN=C(N)N2CCCCC2)c1.I. The van der Waals surface area contributed by atoms with E-state index < -0.39 is 0 Å². The smallest absolute Gasteiger partial charge is 0.337 e. The molecule has 5 nitrogen and oxygen atoms in total. The molecule has 1 aliphatic heterocycles. The van der Waals surface area contributed by atoms with Crippen LogP contribution in [0.3, 0.4) is 0 Å². The summed E-state index contributed by atoms with van der Waals surface area (Å²) in [6, 6.07) is 7.44. The van der Waals surface area contributed by atoms with Gasteiger partial charge in [0, 0.05) is 19.6 Å². The number of benzene rings is 1. The van der Waals surface area contributed by atoms with E-state index in [0.717, 1.165) is 25.1 Å². The fraction of sp³-hybridized carbons (Fsp3) is 0.500. The molecular weight excluding hydrogens is 393 g/mol. The van der Waals surface area contributed by atoms with Gasteiger partial charge in [-0.1, -0.05) is 12.1 Å². The zero-order chi connectivity index (χ0) is 15.1. The third-order valence-electron chi connectivity index (χ3n) is 3.70. The molecule has 122 valence electrons. The van der Waals surface area contributed by atoms with Gasteiger partial charge >= 0.3 is 5.97 Å². The predicted octanol–water partition coefficient (Wildman–Crippen LogP) is 2.43. The number of carbonyl (C=O) groups is 1. The molecule has 0 saturated carbocycles. The predicted molar refractivity (Wildman–Crippen MR) is 98.8 cm³/mol. The van der Waals surface area contributed by atoms with Crippen LogP contribution in [0.15, 0.2) is 29.3 Å². The first-order valence-corrected chi connectivity index (χ1v) is 7.43. The quantitative estimate of drug-likeness (QED) is 0.354. The number of nitrogens with zero attached hydrogens (tertiary/aromatic N) is 2. The number of carbonyl (C=O) groups excluding carboxylic acids is 1. The summed E-state index contributed by atoms with van der Waals surface area (Å²) >= 11 is 0. The Labute approximate surface area is 148 Å². The molecule has 22 heavy (non-hydrogen) atoms. The van der Waals surface area contributed by atoms with E-state index in [-0.39, 0.29) is 29.9 Å². The van der Waals surface area contributed by atoms with Gasteiger partial charge < -0.3 is 15.4 Å². The van der Waals surface area contributed by atoms with Crippen molar-refractivity contribution in [1.82, 2.24) is 4.90 Å². The highest BCUT2D eigenvalue weighted by atomic mass is 127. The Morgan fingerprint density at radius 3 is 2.73 bits per heavy atom. The molecule has 1 saturated heterocycles.